The third-order valence-electron chi connectivity index (χ3n) is 7.54. The van der Waals surface area contributed by atoms with E-state index in [9.17, 15) is 40.7 Å². The third kappa shape index (κ3) is 11.0. The summed E-state index contributed by atoms with van der Waals surface area (Å²) in [4.78, 5) is 41.6. The van der Waals surface area contributed by atoms with E-state index in [4.69, 9.17) is 9.47 Å². The number of benzene rings is 2. The fourth-order valence-corrected chi connectivity index (χ4v) is 5.19. The average Bonchev–Trinajstić information content (AvgIpc) is 3.06. The molecule has 2 unspecified atom stereocenters. The Morgan fingerprint density at radius 3 is 2.30 bits per heavy atom. The quantitative estimate of drug-likeness (QED) is 0.198. The average molecular weight is 716 g/mol. The minimum Gasteiger partial charge on any atom is -0.453 e. The Balaban J connectivity index is 1.47. The lowest BCUT2D eigenvalue weighted by atomic mass is 9.84. The maximum Gasteiger partial charge on any atom is 0.407 e. The summed E-state index contributed by atoms with van der Waals surface area (Å²) >= 11 is 0. The molecule has 11 nitrogen and oxygen atoms in total. The Morgan fingerprint density at radius 2 is 1.68 bits per heavy atom. The van der Waals surface area contributed by atoms with E-state index >= 15 is 4.39 Å². The molecule has 4 atom stereocenters. The number of anilines is 1. The van der Waals surface area contributed by atoms with Crippen LogP contribution in [0.4, 0.5) is 46.0 Å². The highest BCUT2D eigenvalue weighted by Crippen LogP contribution is 2.31. The van der Waals surface area contributed by atoms with Gasteiger partial charge >= 0.3 is 18.4 Å². The molecular weight excluding hydrogens is 683 g/mol. The zero-order valence-corrected chi connectivity index (χ0v) is 26.3. The lowest BCUT2D eigenvalue weighted by Gasteiger charge is -2.30. The van der Waals surface area contributed by atoms with Crippen molar-refractivity contribution in [3.63, 3.8) is 0 Å². The van der Waals surface area contributed by atoms with E-state index in [1.54, 1.807) is 5.32 Å². The second kappa shape index (κ2) is 17.1. The predicted octanol–water partition coefficient (Wildman–Crippen LogP) is 4.71. The van der Waals surface area contributed by atoms with Crippen molar-refractivity contribution in [2.45, 2.75) is 43.1 Å². The molecular formula is C32H32F7N5O6. The van der Waals surface area contributed by atoms with E-state index < -0.39 is 78.2 Å². The number of carbonyl (C=O) groups excluding carboxylic acids is 3. The highest BCUT2D eigenvalue weighted by Gasteiger charge is 2.35. The van der Waals surface area contributed by atoms with Crippen molar-refractivity contribution in [2.75, 3.05) is 38.7 Å². The first-order valence-corrected chi connectivity index (χ1v) is 15.0. The number of nitrogens with zero attached hydrogens (tertiary/aromatic N) is 1. The predicted molar refractivity (Wildman–Crippen MR) is 162 cm³/mol. The smallest absolute Gasteiger partial charge is 0.407 e. The van der Waals surface area contributed by atoms with Gasteiger partial charge in [0.05, 0.1) is 43.9 Å². The van der Waals surface area contributed by atoms with Gasteiger partial charge in [-0.1, -0.05) is 12.1 Å². The SMILES string of the molecule is COC(=O)NC(C(=O)Nc1cncc(F)c1CC[C@@H]1CN[C@@H](COC(=O)NCC(F)(F)F)CO1)C(c1ccc(F)cc1)c1cc(F)cc(F)c1. The number of carbonyl (C=O) groups is 3. The number of alkyl carbamates (subject to hydrolysis) is 2. The van der Waals surface area contributed by atoms with Gasteiger partial charge in [-0.3, -0.25) is 9.78 Å². The molecule has 50 heavy (non-hydrogen) atoms. The number of aromatic nitrogens is 1. The molecule has 2 heterocycles. The number of methoxy groups -OCH3 is 1. The van der Waals surface area contributed by atoms with Gasteiger partial charge < -0.3 is 35.5 Å². The summed E-state index contributed by atoms with van der Waals surface area (Å²) in [5, 5.41) is 9.50. The topological polar surface area (TPSA) is 140 Å². The van der Waals surface area contributed by atoms with Crippen molar-refractivity contribution in [3.05, 3.63) is 94.8 Å². The van der Waals surface area contributed by atoms with Gasteiger partial charge in [0.2, 0.25) is 5.91 Å². The second-order valence-corrected chi connectivity index (χ2v) is 11.1. The normalized spacial score (nSPS) is 17.3. The molecule has 4 N–H and O–H groups in total. The van der Waals surface area contributed by atoms with E-state index in [-0.39, 0.29) is 55.0 Å². The van der Waals surface area contributed by atoms with Gasteiger partial charge in [-0.05, 0) is 48.2 Å². The van der Waals surface area contributed by atoms with Crippen LogP contribution >= 0.6 is 0 Å². The van der Waals surface area contributed by atoms with Crippen LogP contribution in [0.3, 0.4) is 0 Å². The van der Waals surface area contributed by atoms with Gasteiger partial charge in [0.1, 0.15) is 42.5 Å². The molecule has 0 bridgehead atoms. The molecule has 2 aromatic carbocycles. The zero-order valence-electron chi connectivity index (χ0n) is 26.3. The highest BCUT2D eigenvalue weighted by molar-refractivity contribution is 5.98. The minimum atomic E-state index is -4.59. The number of ether oxygens (including phenoxy) is 3. The van der Waals surface area contributed by atoms with Crippen molar-refractivity contribution in [2.24, 2.45) is 0 Å². The molecule has 270 valence electrons. The Kier molecular flexibility index (Phi) is 12.9. The second-order valence-electron chi connectivity index (χ2n) is 11.1. The molecule has 1 aliphatic heterocycles. The number of pyridine rings is 1. The van der Waals surface area contributed by atoms with Gasteiger partial charge in [0, 0.05) is 24.1 Å². The van der Waals surface area contributed by atoms with Crippen molar-refractivity contribution >= 4 is 23.8 Å². The van der Waals surface area contributed by atoms with Crippen LogP contribution in [-0.4, -0.2) is 80.9 Å². The molecule has 1 aromatic heterocycles. The summed E-state index contributed by atoms with van der Waals surface area (Å²) in [5.74, 6) is -5.64. The Labute approximate surface area is 280 Å². The lowest BCUT2D eigenvalue weighted by Crippen LogP contribution is -2.49. The molecule has 1 saturated heterocycles. The van der Waals surface area contributed by atoms with Crippen LogP contribution in [-0.2, 0) is 25.4 Å². The minimum absolute atomic E-state index is 0.00290. The van der Waals surface area contributed by atoms with E-state index in [2.05, 4.69) is 25.7 Å². The van der Waals surface area contributed by atoms with Crippen LogP contribution in [0, 0.1) is 23.3 Å². The molecule has 0 spiro atoms. The van der Waals surface area contributed by atoms with Crippen LogP contribution in [0.25, 0.3) is 0 Å². The first kappa shape index (κ1) is 37.8. The summed E-state index contributed by atoms with van der Waals surface area (Å²) in [6, 6.07) is 5.02. The van der Waals surface area contributed by atoms with Crippen molar-refractivity contribution in [3.8, 4) is 0 Å². The maximum absolute atomic E-state index is 15.1. The van der Waals surface area contributed by atoms with Crippen LogP contribution in [0.1, 0.15) is 29.0 Å². The van der Waals surface area contributed by atoms with Crippen LogP contribution in [0.2, 0.25) is 0 Å². The molecule has 3 aromatic rings. The van der Waals surface area contributed by atoms with Crippen LogP contribution in [0.5, 0.6) is 0 Å². The summed E-state index contributed by atoms with van der Waals surface area (Å²) < 4.78 is 110. The van der Waals surface area contributed by atoms with Gasteiger partial charge in [-0.2, -0.15) is 13.2 Å². The van der Waals surface area contributed by atoms with Crippen LogP contribution < -0.4 is 21.3 Å². The fourth-order valence-electron chi connectivity index (χ4n) is 5.19. The Hall–Kier alpha value is -4.97. The number of rotatable bonds is 12. The number of morpholine rings is 1. The van der Waals surface area contributed by atoms with Gasteiger partial charge in [0.15, 0.2) is 0 Å². The van der Waals surface area contributed by atoms with Gasteiger partial charge in [-0.15, -0.1) is 0 Å². The van der Waals surface area contributed by atoms with Crippen molar-refractivity contribution < 1.29 is 59.3 Å². The molecule has 1 fully saturated rings. The number of nitrogens with one attached hydrogen (secondary N) is 4. The summed E-state index contributed by atoms with van der Waals surface area (Å²) in [6.45, 7) is -1.58. The first-order valence-electron chi connectivity index (χ1n) is 15.0. The van der Waals surface area contributed by atoms with E-state index in [0.29, 0.717) is 6.07 Å². The number of hydrogen-bond acceptors (Lipinski definition) is 8. The molecule has 18 heteroatoms. The number of hydrogen-bond donors (Lipinski definition) is 4. The van der Waals surface area contributed by atoms with Gasteiger partial charge in [0.25, 0.3) is 0 Å². The molecule has 0 aliphatic carbocycles. The number of halogens is 7. The maximum atomic E-state index is 15.1. The lowest BCUT2D eigenvalue weighted by molar-refractivity contribution is -0.124. The molecule has 0 radical (unpaired) electrons. The molecule has 1 aliphatic rings. The zero-order chi connectivity index (χ0) is 36.4. The van der Waals surface area contributed by atoms with E-state index in [1.807, 2.05) is 0 Å². The van der Waals surface area contributed by atoms with Crippen molar-refractivity contribution in [1.29, 1.82) is 0 Å². The molecule has 3 amide bonds. The summed E-state index contributed by atoms with van der Waals surface area (Å²) in [7, 11) is 1.03. The molecule has 0 saturated carbocycles. The Bertz CT molecular complexity index is 1620. The fraction of sp³-hybridized carbons (Fsp3) is 0.375. The monoisotopic (exact) mass is 715 g/mol. The third-order valence-corrected chi connectivity index (χ3v) is 7.54. The largest absolute Gasteiger partial charge is 0.453 e. The van der Waals surface area contributed by atoms with Gasteiger partial charge in [-0.25, -0.2) is 27.2 Å². The number of amides is 3. The highest BCUT2D eigenvalue weighted by atomic mass is 19.4. The Morgan fingerprint density at radius 1 is 0.980 bits per heavy atom. The van der Waals surface area contributed by atoms with Crippen LogP contribution in [0.15, 0.2) is 54.9 Å². The summed E-state index contributed by atoms with van der Waals surface area (Å²) in [5.41, 5.74) is 0.0273. The van der Waals surface area contributed by atoms with E-state index in [1.165, 1.54) is 12.1 Å². The number of alkyl halides is 3. The first-order chi connectivity index (χ1) is 23.7. The van der Waals surface area contributed by atoms with E-state index in [0.717, 1.165) is 43.8 Å². The summed E-state index contributed by atoms with van der Waals surface area (Å²) in [6.07, 6.45) is -5.11. The van der Waals surface area contributed by atoms with Crippen molar-refractivity contribution in [1.82, 2.24) is 20.9 Å². The molecule has 4 rings (SSSR count). The standard InChI is InChI=1S/C32H32F7N5O6/c1-48-31(47)44-28(27(17-2-4-19(33)5-3-17)18-8-20(34)10-21(35)9-18)29(45)43-26-13-40-12-25(36)24(26)7-6-23-11-41-22(14-49-23)15-50-30(46)42-16-32(37,38)39/h2-5,8-10,12-13,22-23,27-28,41H,6-7,11,14-16H2,1H3,(H,42,46)(H,43,45)(H,44,47)/t22-,23-,27?,28?/m1/s1.